The van der Waals surface area contributed by atoms with E-state index in [0.717, 1.165) is 27.3 Å². The number of benzene rings is 1. The van der Waals surface area contributed by atoms with Crippen molar-refractivity contribution in [2.45, 2.75) is 30.9 Å². The van der Waals surface area contributed by atoms with Crippen LogP contribution in [-0.2, 0) is 12.2 Å². The van der Waals surface area contributed by atoms with Crippen LogP contribution in [0.4, 0.5) is 0 Å². The van der Waals surface area contributed by atoms with Gasteiger partial charge in [-0.1, -0.05) is 43.6 Å². The molecule has 0 aliphatic carbocycles. The van der Waals surface area contributed by atoms with Crippen molar-refractivity contribution in [3.63, 3.8) is 0 Å². The lowest BCUT2D eigenvalue weighted by molar-refractivity contribution is 0.629. The molecule has 0 radical (unpaired) electrons. The lowest BCUT2D eigenvalue weighted by Crippen LogP contribution is -2.06. The molecule has 2 rings (SSSR count). The van der Waals surface area contributed by atoms with Gasteiger partial charge in [-0.25, -0.2) is 9.97 Å². The van der Waals surface area contributed by atoms with Crippen LogP contribution in [-0.4, -0.2) is 9.97 Å². The minimum absolute atomic E-state index is 0.559. The van der Waals surface area contributed by atoms with E-state index in [9.17, 15) is 0 Å². The van der Waals surface area contributed by atoms with E-state index in [4.69, 9.17) is 11.6 Å². The Morgan fingerprint density at radius 3 is 2.55 bits per heavy atom. The summed E-state index contributed by atoms with van der Waals surface area (Å²) in [4.78, 5) is 10.3. The van der Waals surface area contributed by atoms with Crippen LogP contribution in [0.2, 0.25) is 5.15 Å². The zero-order chi connectivity index (χ0) is 14.5. The van der Waals surface area contributed by atoms with Crippen LogP contribution in [0.5, 0.6) is 0 Å². The molecule has 0 aliphatic heterocycles. The molecule has 2 nitrogen and oxygen atoms in total. The van der Waals surface area contributed by atoms with Crippen molar-refractivity contribution in [2.24, 2.45) is 5.92 Å². The standard InChI is InChI=1S/C15H16ClIN2S/c1-10(2)8-12-14(17)15(16)19-13(18-12)9-20-11-6-4-3-5-7-11/h3-7,10H,8-9H2,1-2H3. The fraction of sp³-hybridized carbons (Fsp3) is 0.333. The molecule has 2 aromatic rings. The van der Waals surface area contributed by atoms with Crippen molar-refractivity contribution < 1.29 is 0 Å². The van der Waals surface area contributed by atoms with Gasteiger partial charge in [0.25, 0.3) is 0 Å². The first-order chi connectivity index (χ1) is 9.56. The second-order valence-electron chi connectivity index (χ2n) is 4.89. The predicted octanol–water partition coefficient (Wildman–Crippen LogP) is 5.23. The van der Waals surface area contributed by atoms with E-state index in [1.165, 1.54) is 4.90 Å². The molecule has 1 aromatic heterocycles. The summed E-state index contributed by atoms with van der Waals surface area (Å²) in [6, 6.07) is 10.3. The van der Waals surface area contributed by atoms with E-state index in [1.54, 1.807) is 11.8 Å². The number of hydrogen-bond acceptors (Lipinski definition) is 3. The number of hydrogen-bond donors (Lipinski definition) is 0. The number of aromatic nitrogens is 2. The second-order valence-corrected chi connectivity index (χ2v) is 7.38. The molecule has 0 saturated heterocycles. The molecule has 0 unspecified atom stereocenters. The summed E-state index contributed by atoms with van der Waals surface area (Å²) in [6.45, 7) is 4.37. The van der Waals surface area contributed by atoms with E-state index >= 15 is 0 Å². The summed E-state index contributed by atoms with van der Waals surface area (Å²) >= 11 is 10.2. The molecule has 1 heterocycles. The number of rotatable bonds is 5. The molecule has 0 amide bonds. The number of thioether (sulfide) groups is 1. The normalized spacial score (nSPS) is 11.1. The van der Waals surface area contributed by atoms with Gasteiger partial charge in [0.15, 0.2) is 0 Å². The fourth-order valence-electron chi connectivity index (χ4n) is 1.76. The topological polar surface area (TPSA) is 25.8 Å². The molecular formula is C15H16ClIN2S. The van der Waals surface area contributed by atoms with E-state index in [0.29, 0.717) is 11.1 Å². The second kappa shape index (κ2) is 7.61. The summed E-state index contributed by atoms with van der Waals surface area (Å²) in [5.74, 6) is 2.11. The Hall–Kier alpha value is -0.330. The van der Waals surface area contributed by atoms with Gasteiger partial charge in [0.1, 0.15) is 11.0 Å². The zero-order valence-electron chi connectivity index (χ0n) is 11.4. The smallest absolute Gasteiger partial charge is 0.146 e. The maximum Gasteiger partial charge on any atom is 0.146 e. The summed E-state index contributed by atoms with van der Waals surface area (Å²) in [5, 5.41) is 0.569. The molecule has 20 heavy (non-hydrogen) atoms. The van der Waals surface area contributed by atoms with Gasteiger partial charge in [-0.05, 0) is 47.1 Å². The lowest BCUT2D eigenvalue weighted by Gasteiger charge is -2.10. The average molecular weight is 419 g/mol. The minimum atomic E-state index is 0.559. The molecule has 0 aliphatic rings. The number of halogens is 2. The van der Waals surface area contributed by atoms with Gasteiger partial charge < -0.3 is 0 Å². The zero-order valence-corrected chi connectivity index (χ0v) is 15.2. The van der Waals surface area contributed by atoms with Crippen LogP contribution in [0.25, 0.3) is 0 Å². The van der Waals surface area contributed by atoms with Crippen LogP contribution in [0, 0.1) is 9.49 Å². The van der Waals surface area contributed by atoms with Crippen molar-refractivity contribution in [1.29, 1.82) is 0 Å². The van der Waals surface area contributed by atoms with Crippen molar-refractivity contribution in [2.75, 3.05) is 0 Å². The largest absolute Gasteiger partial charge is 0.236 e. The summed E-state index contributed by atoms with van der Waals surface area (Å²) in [7, 11) is 0. The first-order valence-electron chi connectivity index (χ1n) is 6.45. The first-order valence-corrected chi connectivity index (χ1v) is 8.89. The Bertz CT molecular complexity index is 576. The summed E-state index contributed by atoms with van der Waals surface area (Å²) < 4.78 is 0.978. The highest BCUT2D eigenvalue weighted by Gasteiger charge is 2.12. The van der Waals surface area contributed by atoms with Crippen LogP contribution < -0.4 is 0 Å². The Morgan fingerprint density at radius 1 is 1.20 bits per heavy atom. The highest BCUT2D eigenvalue weighted by atomic mass is 127. The van der Waals surface area contributed by atoms with Crippen molar-refractivity contribution in [1.82, 2.24) is 9.97 Å². The Balaban J connectivity index is 2.14. The number of nitrogens with zero attached hydrogens (tertiary/aromatic N) is 2. The van der Waals surface area contributed by atoms with Crippen LogP contribution in [0.3, 0.4) is 0 Å². The van der Waals surface area contributed by atoms with Crippen LogP contribution in [0.15, 0.2) is 35.2 Å². The molecular weight excluding hydrogens is 403 g/mol. The average Bonchev–Trinajstić information content (AvgIpc) is 2.42. The molecule has 0 atom stereocenters. The summed E-state index contributed by atoms with van der Waals surface area (Å²) in [5.41, 5.74) is 1.06. The van der Waals surface area contributed by atoms with E-state index < -0.39 is 0 Å². The molecule has 0 N–H and O–H groups in total. The van der Waals surface area contributed by atoms with Gasteiger partial charge >= 0.3 is 0 Å². The summed E-state index contributed by atoms with van der Waals surface area (Å²) in [6.07, 6.45) is 0.934. The van der Waals surface area contributed by atoms with E-state index in [1.807, 2.05) is 18.2 Å². The molecule has 0 bridgehead atoms. The molecule has 5 heteroatoms. The van der Waals surface area contributed by atoms with Gasteiger partial charge in [0.05, 0.1) is 15.0 Å². The Labute approximate surface area is 142 Å². The van der Waals surface area contributed by atoms with Gasteiger partial charge in [-0.2, -0.15) is 0 Å². The predicted molar refractivity (Wildman–Crippen MR) is 94.3 cm³/mol. The third-order valence-electron chi connectivity index (χ3n) is 2.64. The maximum absolute atomic E-state index is 6.22. The molecule has 106 valence electrons. The molecule has 0 spiro atoms. The van der Waals surface area contributed by atoms with E-state index in [-0.39, 0.29) is 0 Å². The Kier molecular flexibility index (Phi) is 6.11. The van der Waals surface area contributed by atoms with Crippen LogP contribution >= 0.6 is 46.0 Å². The third-order valence-corrected chi connectivity index (χ3v) is 5.37. The molecule has 0 fully saturated rings. The highest BCUT2D eigenvalue weighted by molar-refractivity contribution is 14.1. The van der Waals surface area contributed by atoms with Gasteiger partial charge in [0, 0.05) is 4.90 Å². The highest BCUT2D eigenvalue weighted by Crippen LogP contribution is 2.25. The maximum atomic E-state index is 6.22. The third kappa shape index (κ3) is 4.60. The fourth-order valence-corrected chi connectivity index (χ4v) is 3.20. The molecule has 0 saturated carbocycles. The van der Waals surface area contributed by atoms with Gasteiger partial charge in [-0.3, -0.25) is 0 Å². The van der Waals surface area contributed by atoms with Crippen molar-refractivity contribution in [3.05, 3.63) is 50.6 Å². The Morgan fingerprint density at radius 2 is 1.90 bits per heavy atom. The van der Waals surface area contributed by atoms with E-state index in [2.05, 4.69) is 58.5 Å². The lowest BCUT2D eigenvalue weighted by atomic mass is 10.1. The van der Waals surface area contributed by atoms with Crippen molar-refractivity contribution >= 4 is 46.0 Å². The first kappa shape index (κ1) is 16.0. The van der Waals surface area contributed by atoms with Gasteiger partial charge in [0.2, 0.25) is 0 Å². The van der Waals surface area contributed by atoms with Crippen molar-refractivity contribution in [3.8, 4) is 0 Å². The quantitative estimate of drug-likeness (QED) is 0.378. The monoisotopic (exact) mass is 418 g/mol. The SMILES string of the molecule is CC(C)Cc1nc(CSc2ccccc2)nc(Cl)c1I. The minimum Gasteiger partial charge on any atom is -0.236 e. The molecule has 1 aromatic carbocycles. The van der Waals surface area contributed by atoms with Crippen LogP contribution in [0.1, 0.15) is 25.4 Å². The van der Waals surface area contributed by atoms with Gasteiger partial charge in [-0.15, -0.1) is 11.8 Å².